The van der Waals surface area contributed by atoms with Crippen molar-refractivity contribution >= 4 is 0 Å². The highest BCUT2D eigenvalue weighted by molar-refractivity contribution is 5.16. The minimum absolute atomic E-state index is 0.105. The third-order valence-electron chi connectivity index (χ3n) is 2.40. The molecular formula is C13H15FN2O2. The molecule has 0 aliphatic heterocycles. The van der Waals surface area contributed by atoms with Crippen LogP contribution in [0.2, 0.25) is 0 Å². The van der Waals surface area contributed by atoms with E-state index in [1.807, 2.05) is 6.92 Å². The van der Waals surface area contributed by atoms with Crippen molar-refractivity contribution in [2.45, 2.75) is 20.1 Å². The van der Waals surface area contributed by atoms with Crippen LogP contribution in [-0.4, -0.2) is 11.5 Å². The monoisotopic (exact) mass is 250 g/mol. The van der Waals surface area contributed by atoms with E-state index in [2.05, 4.69) is 10.3 Å². The first-order valence-corrected chi connectivity index (χ1v) is 5.81. The molecule has 0 unspecified atom stereocenters. The number of nitrogens with one attached hydrogen (secondary N) is 1. The summed E-state index contributed by atoms with van der Waals surface area (Å²) in [7, 11) is 0. The van der Waals surface area contributed by atoms with Crippen molar-refractivity contribution in [3.8, 4) is 6.08 Å². The van der Waals surface area contributed by atoms with E-state index in [-0.39, 0.29) is 18.5 Å². The maximum Gasteiger partial charge on any atom is 0.394 e. The van der Waals surface area contributed by atoms with Crippen LogP contribution in [0.5, 0.6) is 6.08 Å². The Morgan fingerprint density at radius 2 is 2.22 bits per heavy atom. The topological polar surface area (TPSA) is 47.3 Å². The first-order valence-electron chi connectivity index (χ1n) is 5.81. The summed E-state index contributed by atoms with van der Waals surface area (Å²) in [6.07, 6.45) is 1.69. The number of nitrogens with zero attached hydrogens (tertiary/aromatic N) is 1. The molecule has 4 nitrogen and oxygen atoms in total. The molecule has 1 aromatic heterocycles. The Bertz CT molecular complexity index is 499. The van der Waals surface area contributed by atoms with Crippen LogP contribution in [-0.2, 0) is 13.2 Å². The fourth-order valence-corrected chi connectivity index (χ4v) is 1.44. The first kappa shape index (κ1) is 12.6. The van der Waals surface area contributed by atoms with Gasteiger partial charge in [-0.2, -0.15) is 4.98 Å². The Hall–Kier alpha value is -1.88. The van der Waals surface area contributed by atoms with Crippen LogP contribution in [0.15, 0.2) is 34.9 Å². The minimum Gasteiger partial charge on any atom is -0.445 e. The van der Waals surface area contributed by atoms with Gasteiger partial charge in [-0.15, -0.1) is 0 Å². The lowest BCUT2D eigenvalue weighted by Crippen LogP contribution is -2.11. The molecule has 0 aliphatic carbocycles. The zero-order chi connectivity index (χ0) is 12.8. The number of halogens is 1. The van der Waals surface area contributed by atoms with Crippen molar-refractivity contribution in [2.24, 2.45) is 0 Å². The largest absolute Gasteiger partial charge is 0.445 e. The zero-order valence-corrected chi connectivity index (χ0v) is 10.1. The van der Waals surface area contributed by atoms with Gasteiger partial charge < -0.3 is 14.5 Å². The van der Waals surface area contributed by atoms with Gasteiger partial charge in [-0.05, 0) is 12.6 Å². The van der Waals surface area contributed by atoms with Crippen LogP contribution in [0.1, 0.15) is 18.2 Å². The number of oxazole rings is 1. The van der Waals surface area contributed by atoms with E-state index in [9.17, 15) is 4.39 Å². The number of hydrogen-bond donors (Lipinski definition) is 1. The van der Waals surface area contributed by atoms with E-state index in [0.29, 0.717) is 12.1 Å². The third-order valence-corrected chi connectivity index (χ3v) is 2.40. The molecule has 2 aromatic rings. The highest BCUT2D eigenvalue weighted by Gasteiger charge is 2.06. The van der Waals surface area contributed by atoms with Crippen LogP contribution >= 0.6 is 0 Å². The van der Waals surface area contributed by atoms with Crippen LogP contribution in [0.25, 0.3) is 0 Å². The summed E-state index contributed by atoms with van der Waals surface area (Å²) in [5, 5.41) is 3.12. The molecule has 0 fully saturated rings. The molecule has 0 radical (unpaired) electrons. The van der Waals surface area contributed by atoms with E-state index in [4.69, 9.17) is 9.15 Å². The lowest BCUT2D eigenvalue weighted by Gasteiger charge is -2.02. The maximum absolute atomic E-state index is 13.3. The van der Waals surface area contributed by atoms with Gasteiger partial charge >= 0.3 is 6.08 Å². The fourth-order valence-electron chi connectivity index (χ4n) is 1.44. The molecule has 0 aliphatic rings. The standard InChI is InChI=1S/C13H15FN2O2/c1-2-15-7-11-9-18-13(16-11)17-8-10-5-3-4-6-12(10)14/h3-6,9,15H,2,7-8H2,1H3. The summed E-state index contributed by atoms with van der Waals surface area (Å²) < 4.78 is 23.7. The molecule has 96 valence electrons. The SMILES string of the molecule is CCNCc1coc(OCc2ccccc2F)n1. The van der Waals surface area contributed by atoms with Gasteiger partial charge in [0, 0.05) is 12.1 Å². The second-order valence-corrected chi connectivity index (χ2v) is 3.77. The van der Waals surface area contributed by atoms with Crippen LogP contribution in [0, 0.1) is 5.82 Å². The van der Waals surface area contributed by atoms with Crippen molar-refractivity contribution in [2.75, 3.05) is 6.54 Å². The van der Waals surface area contributed by atoms with Crippen molar-refractivity contribution in [3.63, 3.8) is 0 Å². The summed E-state index contributed by atoms with van der Waals surface area (Å²) in [6.45, 7) is 3.60. The molecule has 0 saturated carbocycles. The molecule has 1 N–H and O–H groups in total. The van der Waals surface area contributed by atoms with Gasteiger partial charge in [-0.1, -0.05) is 25.1 Å². The smallest absolute Gasteiger partial charge is 0.394 e. The second kappa shape index (κ2) is 6.16. The van der Waals surface area contributed by atoms with Gasteiger partial charge in [-0.25, -0.2) is 4.39 Å². The predicted molar refractivity (Wildman–Crippen MR) is 64.6 cm³/mol. The van der Waals surface area contributed by atoms with E-state index in [1.165, 1.54) is 12.3 Å². The van der Waals surface area contributed by atoms with E-state index in [1.54, 1.807) is 18.2 Å². The first-order chi connectivity index (χ1) is 8.79. The number of ether oxygens (including phenoxy) is 1. The van der Waals surface area contributed by atoms with Crippen LogP contribution < -0.4 is 10.1 Å². The van der Waals surface area contributed by atoms with Crippen LogP contribution in [0.4, 0.5) is 4.39 Å². The second-order valence-electron chi connectivity index (χ2n) is 3.77. The quantitative estimate of drug-likeness (QED) is 0.855. The molecule has 0 bridgehead atoms. The van der Waals surface area contributed by atoms with Gasteiger partial charge in [-0.3, -0.25) is 0 Å². The molecule has 18 heavy (non-hydrogen) atoms. The third kappa shape index (κ3) is 3.30. The Labute approximate surface area is 105 Å². The van der Waals surface area contributed by atoms with Crippen molar-refractivity contribution in [1.29, 1.82) is 0 Å². The molecule has 1 heterocycles. The average Bonchev–Trinajstić information content (AvgIpc) is 2.83. The lowest BCUT2D eigenvalue weighted by molar-refractivity contribution is 0.217. The minimum atomic E-state index is -0.295. The molecule has 0 amide bonds. The van der Waals surface area contributed by atoms with E-state index >= 15 is 0 Å². The lowest BCUT2D eigenvalue weighted by atomic mass is 10.2. The number of hydrogen-bond acceptors (Lipinski definition) is 4. The zero-order valence-electron chi connectivity index (χ0n) is 10.1. The molecule has 5 heteroatoms. The molecule has 0 spiro atoms. The van der Waals surface area contributed by atoms with Gasteiger partial charge in [0.2, 0.25) is 0 Å². The van der Waals surface area contributed by atoms with E-state index in [0.717, 1.165) is 12.2 Å². The Balaban J connectivity index is 1.90. The summed E-state index contributed by atoms with van der Waals surface area (Å²) in [4.78, 5) is 4.12. The normalized spacial score (nSPS) is 10.6. The molecular weight excluding hydrogens is 235 g/mol. The molecule has 2 rings (SSSR count). The van der Waals surface area contributed by atoms with Crippen molar-refractivity contribution < 1.29 is 13.5 Å². The summed E-state index contributed by atoms with van der Waals surface area (Å²) in [6, 6.07) is 6.45. The summed E-state index contributed by atoms with van der Waals surface area (Å²) >= 11 is 0. The molecule has 0 atom stereocenters. The highest BCUT2D eigenvalue weighted by Crippen LogP contribution is 2.14. The highest BCUT2D eigenvalue weighted by atomic mass is 19.1. The van der Waals surface area contributed by atoms with E-state index < -0.39 is 0 Å². The van der Waals surface area contributed by atoms with Crippen molar-refractivity contribution in [3.05, 3.63) is 47.6 Å². The molecule has 1 aromatic carbocycles. The Morgan fingerprint density at radius 3 is 3.00 bits per heavy atom. The maximum atomic E-state index is 13.3. The van der Waals surface area contributed by atoms with Crippen molar-refractivity contribution in [1.82, 2.24) is 10.3 Å². The Morgan fingerprint density at radius 1 is 1.39 bits per heavy atom. The summed E-state index contributed by atoms with van der Waals surface area (Å²) in [5.74, 6) is -0.295. The van der Waals surface area contributed by atoms with Gasteiger partial charge in [0.15, 0.2) is 0 Å². The average molecular weight is 250 g/mol. The van der Waals surface area contributed by atoms with Gasteiger partial charge in [0.1, 0.15) is 18.7 Å². The molecule has 0 saturated heterocycles. The number of benzene rings is 1. The van der Waals surface area contributed by atoms with Crippen LogP contribution in [0.3, 0.4) is 0 Å². The Kier molecular flexibility index (Phi) is 4.30. The van der Waals surface area contributed by atoms with Gasteiger partial charge in [0.05, 0.1) is 5.69 Å². The number of rotatable bonds is 6. The van der Waals surface area contributed by atoms with Gasteiger partial charge in [0.25, 0.3) is 0 Å². The predicted octanol–water partition coefficient (Wildman–Crippen LogP) is 2.50. The number of aromatic nitrogens is 1. The summed E-state index contributed by atoms with van der Waals surface area (Å²) in [5.41, 5.74) is 1.24. The fraction of sp³-hybridized carbons (Fsp3) is 0.308.